The number of hydrogen-bond donors (Lipinski definition) is 1. The van der Waals surface area contributed by atoms with Crippen molar-refractivity contribution in [3.63, 3.8) is 0 Å². The highest BCUT2D eigenvalue weighted by Gasteiger charge is 2.31. The molecule has 0 spiro atoms. The normalized spacial score (nSPS) is 15.7. The molecule has 0 aromatic heterocycles. The minimum Gasteiger partial charge on any atom is -0.356 e. The zero-order chi connectivity index (χ0) is 16.6. The molecule has 2 aromatic carbocycles. The Hall–Kier alpha value is -2.48. The zero-order valence-corrected chi connectivity index (χ0v) is 14.4. The number of benzene rings is 2. The summed E-state index contributed by atoms with van der Waals surface area (Å²) in [6.07, 6.45) is 2.32. The molecule has 2 heteroatoms. The number of para-hydroxylation sites is 1. The Morgan fingerprint density at radius 3 is 2.39 bits per heavy atom. The third-order valence-electron chi connectivity index (χ3n) is 4.25. The Kier molecular flexibility index (Phi) is 3.77. The number of fused-ring (bicyclic) bond motifs is 1. The van der Waals surface area contributed by atoms with Crippen LogP contribution in [0.5, 0.6) is 0 Å². The topological polar surface area (TPSA) is 15.3 Å². The van der Waals surface area contributed by atoms with Crippen molar-refractivity contribution >= 4 is 22.6 Å². The highest BCUT2D eigenvalue weighted by molar-refractivity contribution is 5.85. The van der Waals surface area contributed by atoms with E-state index in [-0.39, 0.29) is 5.54 Å². The van der Waals surface area contributed by atoms with Gasteiger partial charge in [-0.15, -0.1) is 0 Å². The molecule has 0 saturated carbocycles. The molecule has 0 aliphatic carbocycles. The molecule has 0 bridgehead atoms. The maximum atomic E-state index is 4.17. The summed E-state index contributed by atoms with van der Waals surface area (Å²) in [7, 11) is 0. The Bertz CT molecular complexity index is 770. The quantitative estimate of drug-likeness (QED) is 0.752. The van der Waals surface area contributed by atoms with Gasteiger partial charge in [-0.2, -0.15) is 0 Å². The van der Waals surface area contributed by atoms with E-state index in [4.69, 9.17) is 0 Å². The van der Waals surface area contributed by atoms with Crippen LogP contribution in [0.15, 0.2) is 66.9 Å². The first-order valence-corrected chi connectivity index (χ1v) is 8.00. The summed E-state index contributed by atoms with van der Waals surface area (Å²) < 4.78 is 0. The van der Waals surface area contributed by atoms with Crippen LogP contribution in [0.25, 0.3) is 5.57 Å². The molecular weight excluding hydrogens is 280 g/mol. The maximum absolute atomic E-state index is 4.17. The third kappa shape index (κ3) is 2.89. The highest BCUT2D eigenvalue weighted by atomic mass is 15.2. The summed E-state index contributed by atoms with van der Waals surface area (Å²) >= 11 is 0. The lowest BCUT2D eigenvalue weighted by molar-refractivity contribution is 0.601. The largest absolute Gasteiger partial charge is 0.356 e. The van der Waals surface area contributed by atoms with Crippen LogP contribution in [-0.4, -0.2) is 5.54 Å². The van der Waals surface area contributed by atoms with E-state index >= 15 is 0 Å². The maximum Gasteiger partial charge on any atom is 0.0579 e. The van der Waals surface area contributed by atoms with E-state index in [0.717, 1.165) is 17.1 Å². The van der Waals surface area contributed by atoms with Gasteiger partial charge >= 0.3 is 0 Å². The van der Waals surface area contributed by atoms with E-state index < -0.39 is 0 Å². The summed E-state index contributed by atoms with van der Waals surface area (Å²) in [4.78, 5) is 2.31. The van der Waals surface area contributed by atoms with Crippen molar-refractivity contribution in [1.29, 1.82) is 0 Å². The molecule has 2 nitrogen and oxygen atoms in total. The Balaban J connectivity index is 2.03. The van der Waals surface area contributed by atoms with Crippen LogP contribution in [0.4, 0.5) is 17.1 Å². The van der Waals surface area contributed by atoms with Crippen LogP contribution in [0.1, 0.15) is 33.3 Å². The summed E-state index contributed by atoms with van der Waals surface area (Å²) in [5.41, 5.74) is 6.99. The molecule has 1 aliphatic heterocycles. The second kappa shape index (κ2) is 5.62. The number of nitrogens with zero attached hydrogens (tertiary/aromatic N) is 1. The first-order valence-electron chi connectivity index (χ1n) is 8.00. The van der Waals surface area contributed by atoms with Crippen LogP contribution in [-0.2, 0) is 0 Å². The third-order valence-corrected chi connectivity index (χ3v) is 4.25. The van der Waals surface area contributed by atoms with E-state index in [1.54, 1.807) is 0 Å². The Morgan fingerprint density at radius 1 is 1.04 bits per heavy atom. The SMILES string of the molecule is C=C(C)N1c2ccc(Nc3ccccc3)cc2C(C)=CC1(C)C. The number of allylic oxidation sites excluding steroid dienone is 2. The predicted molar refractivity (Wildman–Crippen MR) is 101 cm³/mol. The summed E-state index contributed by atoms with van der Waals surface area (Å²) in [5.74, 6) is 0. The molecular formula is C21H24N2. The van der Waals surface area contributed by atoms with Crippen molar-refractivity contribution in [2.24, 2.45) is 0 Å². The van der Waals surface area contributed by atoms with Crippen molar-refractivity contribution in [3.05, 3.63) is 72.4 Å². The molecule has 1 heterocycles. The molecule has 0 radical (unpaired) electrons. The van der Waals surface area contributed by atoms with Gasteiger partial charge in [0, 0.05) is 28.3 Å². The van der Waals surface area contributed by atoms with Gasteiger partial charge in [0.05, 0.1) is 5.54 Å². The van der Waals surface area contributed by atoms with Crippen LogP contribution in [0.2, 0.25) is 0 Å². The van der Waals surface area contributed by atoms with Crippen LogP contribution in [0.3, 0.4) is 0 Å². The molecule has 2 aromatic rings. The van der Waals surface area contributed by atoms with Crippen molar-refractivity contribution in [2.75, 3.05) is 10.2 Å². The van der Waals surface area contributed by atoms with Crippen LogP contribution in [0, 0.1) is 0 Å². The lowest BCUT2D eigenvalue weighted by Crippen LogP contribution is -2.43. The average Bonchev–Trinajstić information content (AvgIpc) is 2.47. The fourth-order valence-electron chi connectivity index (χ4n) is 3.49. The van der Waals surface area contributed by atoms with E-state index in [2.05, 4.69) is 80.9 Å². The summed E-state index contributed by atoms with van der Waals surface area (Å²) in [5, 5.41) is 3.47. The van der Waals surface area contributed by atoms with Gasteiger partial charge in [-0.25, -0.2) is 0 Å². The second-order valence-corrected chi connectivity index (χ2v) is 6.77. The van der Waals surface area contributed by atoms with Gasteiger partial charge in [0.1, 0.15) is 0 Å². The molecule has 23 heavy (non-hydrogen) atoms. The van der Waals surface area contributed by atoms with Gasteiger partial charge in [-0.3, -0.25) is 0 Å². The number of rotatable bonds is 3. The van der Waals surface area contributed by atoms with Crippen LogP contribution < -0.4 is 10.2 Å². The number of hydrogen-bond acceptors (Lipinski definition) is 2. The van der Waals surface area contributed by atoms with Crippen molar-refractivity contribution in [2.45, 2.75) is 33.2 Å². The number of nitrogens with one attached hydrogen (secondary N) is 1. The van der Waals surface area contributed by atoms with E-state index in [1.807, 2.05) is 18.2 Å². The summed E-state index contributed by atoms with van der Waals surface area (Å²) in [6, 6.07) is 16.8. The Labute approximate surface area is 139 Å². The van der Waals surface area contributed by atoms with E-state index in [1.165, 1.54) is 16.8 Å². The van der Waals surface area contributed by atoms with E-state index in [0.29, 0.717) is 0 Å². The fraction of sp³-hybridized carbons (Fsp3) is 0.238. The lowest BCUT2D eigenvalue weighted by atomic mass is 9.88. The van der Waals surface area contributed by atoms with Gasteiger partial charge in [-0.05, 0) is 63.6 Å². The molecule has 0 atom stereocenters. The van der Waals surface area contributed by atoms with Crippen molar-refractivity contribution < 1.29 is 0 Å². The molecule has 1 N–H and O–H groups in total. The molecule has 0 unspecified atom stereocenters. The van der Waals surface area contributed by atoms with Crippen molar-refractivity contribution in [3.8, 4) is 0 Å². The van der Waals surface area contributed by atoms with Gasteiger partial charge in [-0.1, -0.05) is 30.9 Å². The summed E-state index contributed by atoms with van der Waals surface area (Å²) in [6.45, 7) is 12.9. The fourth-order valence-corrected chi connectivity index (χ4v) is 3.49. The molecule has 0 amide bonds. The molecule has 0 saturated heterocycles. The Morgan fingerprint density at radius 2 is 1.74 bits per heavy atom. The van der Waals surface area contributed by atoms with E-state index in [9.17, 15) is 0 Å². The lowest BCUT2D eigenvalue weighted by Gasteiger charge is -2.43. The molecule has 1 aliphatic rings. The molecule has 0 fully saturated rings. The molecule has 118 valence electrons. The standard InChI is InChI=1S/C21H24N2/c1-15(2)23-20-12-11-18(22-17-9-7-6-8-10-17)13-19(20)16(3)14-21(23,4)5/h6-14,22H,1H2,2-5H3. The first kappa shape index (κ1) is 15.4. The molecule has 3 rings (SSSR count). The smallest absolute Gasteiger partial charge is 0.0579 e. The number of anilines is 3. The minimum absolute atomic E-state index is 0.0582. The predicted octanol–water partition coefficient (Wildman–Crippen LogP) is 5.97. The van der Waals surface area contributed by atoms with Gasteiger partial charge in [0.2, 0.25) is 0 Å². The van der Waals surface area contributed by atoms with Crippen molar-refractivity contribution in [1.82, 2.24) is 0 Å². The van der Waals surface area contributed by atoms with Gasteiger partial charge in [0.15, 0.2) is 0 Å². The van der Waals surface area contributed by atoms with Gasteiger partial charge < -0.3 is 10.2 Å². The average molecular weight is 304 g/mol. The van der Waals surface area contributed by atoms with Gasteiger partial charge in [0.25, 0.3) is 0 Å². The zero-order valence-electron chi connectivity index (χ0n) is 14.4. The highest BCUT2D eigenvalue weighted by Crippen LogP contribution is 2.42. The first-order chi connectivity index (χ1) is 10.9. The second-order valence-electron chi connectivity index (χ2n) is 6.77. The van der Waals surface area contributed by atoms with Crippen LogP contribution >= 0.6 is 0 Å². The monoisotopic (exact) mass is 304 g/mol. The minimum atomic E-state index is -0.0582.